The van der Waals surface area contributed by atoms with E-state index >= 15 is 0 Å². The SMILES string of the molecule is CCC#CC=CCCCCCCCCO. The monoisotopic (exact) mass is 208 g/mol. The zero-order valence-electron chi connectivity index (χ0n) is 9.97. The van der Waals surface area contributed by atoms with Crippen molar-refractivity contribution in [3.05, 3.63) is 12.2 Å². The summed E-state index contributed by atoms with van der Waals surface area (Å²) in [7, 11) is 0. The Kier molecular flexibility index (Phi) is 12.6. The lowest BCUT2D eigenvalue weighted by molar-refractivity contribution is 0.282. The van der Waals surface area contributed by atoms with Gasteiger partial charge < -0.3 is 5.11 Å². The van der Waals surface area contributed by atoms with Gasteiger partial charge in [0.1, 0.15) is 0 Å². The molecule has 15 heavy (non-hydrogen) atoms. The van der Waals surface area contributed by atoms with Crippen LogP contribution in [0.5, 0.6) is 0 Å². The van der Waals surface area contributed by atoms with Gasteiger partial charge in [0.2, 0.25) is 0 Å². The van der Waals surface area contributed by atoms with E-state index in [2.05, 4.69) is 24.8 Å². The number of allylic oxidation sites excluding steroid dienone is 2. The highest BCUT2D eigenvalue weighted by Gasteiger charge is 1.89. The number of rotatable bonds is 8. The number of aliphatic hydroxyl groups is 1. The predicted octanol–water partition coefficient (Wildman–Crippen LogP) is 3.68. The molecule has 0 unspecified atom stereocenters. The number of hydrogen-bond acceptors (Lipinski definition) is 1. The Hall–Kier alpha value is -0.740. The lowest BCUT2D eigenvalue weighted by atomic mass is 10.1. The van der Waals surface area contributed by atoms with E-state index in [-0.39, 0.29) is 0 Å². The van der Waals surface area contributed by atoms with Gasteiger partial charge in [0, 0.05) is 13.0 Å². The maximum Gasteiger partial charge on any atom is 0.0431 e. The summed E-state index contributed by atoms with van der Waals surface area (Å²) in [5.41, 5.74) is 0. The van der Waals surface area contributed by atoms with Crippen LogP contribution in [0.15, 0.2) is 12.2 Å². The topological polar surface area (TPSA) is 20.2 Å². The Morgan fingerprint density at radius 2 is 1.67 bits per heavy atom. The van der Waals surface area contributed by atoms with E-state index in [1.165, 1.54) is 32.1 Å². The first kappa shape index (κ1) is 14.3. The van der Waals surface area contributed by atoms with Crippen molar-refractivity contribution in [2.45, 2.75) is 58.3 Å². The van der Waals surface area contributed by atoms with Crippen molar-refractivity contribution in [2.75, 3.05) is 6.61 Å². The quantitative estimate of drug-likeness (QED) is 0.476. The van der Waals surface area contributed by atoms with Crippen LogP contribution < -0.4 is 0 Å². The van der Waals surface area contributed by atoms with Crippen LogP contribution in [0, 0.1) is 11.8 Å². The van der Waals surface area contributed by atoms with Crippen molar-refractivity contribution in [1.82, 2.24) is 0 Å². The number of aliphatic hydroxyl groups excluding tert-OH is 1. The van der Waals surface area contributed by atoms with E-state index < -0.39 is 0 Å². The van der Waals surface area contributed by atoms with Gasteiger partial charge in [-0.1, -0.05) is 50.5 Å². The highest BCUT2D eigenvalue weighted by molar-refractivity contribution is 5.14. The van der Waals surface area contributed by atoms with Crippen LogP contribution in [0.1, 0.15) is 58.3 Å². The molecule has 86 valence electrons. The van der Waals surface area contributed by atoms with E-state index in [9.17, 15) is 0 Å². The van der Waals surface area contributed by atoms with Gasteiger partial charge in [0.25, 0.3) is 0 Å². The van der Waals surface area contributed by atoms with Gasteiger partial charge in [-0.15, -0.1) is 0 Å². The minimum atomic E-state index is 0.346. The molecule has 0 bridgehead atoms. The third-order valence-electron chi connectivity index (χ3n) is 2.26. The fourth-order valence-corrected chi connectivity index (χ4v) is 1.38. The first-order valence-electron chi connectivity index (χ1n) is 6.16. The second-order valence-electron chi connectivity index (χ2n) is 3.71. The highest BCUT2D eigenvalue weighted by Crippen LogP contribution is 2.06. The van der Waals surface area contributed by atoms with Crippen molar-refractivity contribution in [3.8, 4) is 11.8 Å². The van der Waals surface area contributed by atoms with Gasteiger partial charge in [-0.05, 0) is 25.3 Å². The second-order valence-corrected chi connectivity index (χ2v) is 3.71. The highest BCUT2D eigenvalue weighted by atomic mass is 16.2. The van der Waals surface area contributed by atoms with Crippen molar-refractivity contribution in [1.29, 1.82) is 0 Å². The molecule has 0 atom stereocenters. The first-order chi connectivity index (χ1) is 7.41. The molecule has 0 aromatic heterocycles. The van der Waals surface area contributed by atoms with E-state index in [4.69, 9.17) is 5.11 Å². The average Bonchev–Trinajstić information content (AvgIpc) is 2.26. The summed E-state index contributed by atoms with van der Waals surface area (Å²) in [6.07, 6.45) is 13.5. The molecule has 1 nitrogen and oxygen atoms in total. The molecule has 0 rings (SSSR count). The van der Waals surface area contributed by atoms with E-state index in [1.807, 2.05) is 6.08 Å². The van der Waals surface area contributed by atoms with E-state index in [1.54, 1.807) is 0 Å². The van der Waals surface area contributed by atoms with Crippen LogP contribution in [-0.2, 0) is 0 Å². The Bertz CT molecular complexity index is 195. The molecular formula is C14H24O. The summed E-state index contributed by atoms with van der Waals surface area (Å²) in [6, 6.07) is 0. The summed E-state index contributed by atoms with van der Waals surface area (Å²) in [6.45, 7) is 2.41. The van der Waals surface area contributed by atoms with Crippen molar-refractivity contribution in [2.24, 2.45) is 0 Å². The molecule has 0 aliphatic carbocycles. The molecule has 0 aliphatic rings. The van der Waals surface area contributed by atoms with E-state index in [0.29, 0.717) is 6.61 Å². The van der Waals surface area contributed by atoms with Crippen LogP contribution in [0.4, 0.5) is 0 Å². The average molecular weight is 208 g/mol. The maximum atomic E-state index is 8.59. The van der Waals surface area contributed by atoms with Gasteiger partial charge in [-0.25, -0.2) is 0 Å². The Balaban J connectivity index is 3.07. The zero-order chi connectivity index (χ0) is 11.2. The zero-order valence-corrected chi connectivity index (χ0v) is 9.97. The second kappa shape index (κ2) is 13.3. The molecule has 0 aromatic rings. The van der Waals surface area contributed by atoms with Crippen LogP contribution in [0.3, 0.4) is 0 Å². The van der Waals surface area contributed by atoms with Gasteiger partial charge in [0.15, 0.2) is 0 Å². The maximum absolute atomic E-state index is 8.59. The lowest BCUT2D eigenvalue weighted by Gasteiger charge is -1.98. The molecule has 0 aromatic carbocycles. The molecule has 0 aliphatic heterocycles. The summed E-state index contributed by atoms with van der Waals surface area (Å²) >= 11 is 0. The van der Waals surface area contributed by atoms with Gasteiger partial charge in [0.05, 0.1) is 0 Å². The summed E-state index contributed by atoms with van der Waals surface area (Å²) < 4.78 is 0. The molecule has 0 fully saturated rings. The third kappa shape index (κ3) is 13.3. The minimum Gasteiger partial charge on any atom is -0.396 e. The van der Waals surface area contributed by atoms with Crippen molar-refractivity contribution in [3.63, 3.8) is 0 Å². The predicted molar refractivity (Wildman–Crippen MR) is 66.6 cm³/mol. The normalized spacial score (nSPS) is 10.3. The van der Waals surface area contributed by atoms with Gasteiger partial charge in [-0.3, -0.25) is 0 Å². The summed E-state index contributed by atoms with van der Waals surface area (Å²) in [4.78, 5) is 0. The lowest BCUT2D eigenvalue weighted by Crippen LogP contribution is -1.83. The Labute approximate surface area is 94.6 Å². The van der Waals surface area contributed by atoms with Crippen LogP contribution >= 0.6 is 0 Å². The molecule has 0 saturated carbocycles. The van der Waals surface area contributed by atoms with Gasteiger partial charge in [-0.2, -0.15) is 0 Å². The molecule has 0 radical (unpaired) electrons. The van der Waals surface area contributed by atoms with Crippen LogP contribution in [0.25, 0.3) is 0 Å². The summed E-state index contributed by atoms with van der Waals surface area (Å²) in [5.74, 6) is 6.01. The fourth-order valence-electron chi connectivity index (χ4n) is 1.38. The Morgan fingerprint density at radius 1 is 1.00 bits per heavy atom. The number of hydrogen-bond donors (Lipinski definition) is 1. The van der Waals surface area contributed by atoms with Crippen LogP contribution in [0.2, 0.25) is 0 Å². The fraction of sp³-hybridized carbons (Fsp3) is 0.714. The molecule has 0 heterocycles. The number of unbranched alkanes of at least 4 members (excludes halogenated alkanes) is 6. The molecular weight excluding hydrogens is 184 g/mol. The minimum absolute atomic E-state index is 0.346. The van der Waals surface area contributed by atoms with E-state index in [0.717, 1.165) is 19.3 Å². The summed E-state index contributed by atoms with van der Waals surface area (Å²) in [5, 5.41) is 8.59. The molecule has 0 saturated heterocycles. The molecule has 1 N–H and O–H groups in total. The largest absolute Gasteiger partial charge is 0.396 e. The molecule has 0 spiro atoms. The Morgan fingerprint density at radius 3 is 2.33 bits per heavy atom. The standard InChI is InChI=1S/C14H24O/c1-2-3-4-5-6-7-8-9-10-11-12-13-14-15/h5-6,15H,2,7-14H2,1H3. The van der Waals surface area contributed by atoms with Gasteiger partial charge >= 0.3 is 0 Å². The van der Waals surface area contributed by atoms with Crippen molar-refractivity contribution < 1.29 is 5.11 Å². The third-order valence-corrected chi connectivity index (χ3v) is 2.26. The molecule has 1 heteroatoms. The van der Waals surface area contributed by atoms with Crippen LogP contribution in [-0.4, -0.2) is 11.7 Å². The van der Waals surface area contributed by atoms with Crippen molar-refractivity contribution >= 4 is 0 Å². The smallest absolute Gasteiger partial charge is 0.0431 e. The first-order valence-corrected chi connectivity index (χ1v) is 6.16. The molecule has 0 amide bonds.